The van der Waals surface area contributed by atoms with Crippen LogP contribution in [0.2, 0.25) is 0 Å². The van der Waals surface area contributed by atoms with Gasteiger partial charge in [0.15, 0.2) is 5.11 Å². The molecule has 1 heterocycles. The summed E-state index contributed by atoms with van der Waals surface area (Å²) in [5, 5.41) is 2.67. The second-order valence-corrected chi connectivity index (χ2v) is 6.85. The quantitative estimate of drug-likeness (QED) is 0.490. The van der Waals surface area contributed by atoms with Crippen LogP contribution in [0.3, 0.4) is 0 Å². The minimum atomic E-state index is -0.505. The Balaban J connectivity index is 1.88. The molecular weight excluding hydrogens is 372 g/mol. The number of carbonyl (C=O) groups excluding carboxylic acids is 2. The smallest absolute Gasteiger partial charge is 0.270 e. The highest BCUT2D eigenvalue weighted by Crippen LogP contribution is 2.23. The number of ether oxygens (including phenoxy) is 1. The summed E-state index contributed by atoms with van der Waals surface area (Å²) in [4.78, 5) is 26.6. The number of benzene rings is 2. The summed E-state index contributed by atoms with van der Waals surface area (Å²) in [5.41, 5.74) is 3.60. The molecule has 6 heteroatoms. The van der Waals surface area contributed by atoms with Gasteiger partial charge in [-0.05, 0) is 73.1 Å². The first kappa shape index (κ1) is 19.5. The van der Waals surface area contributed by atoms with Crippen molar-refractivity contribution in [3.63, 3.8) is 0 Å². The molecule has 0 atom stereocenters. The first-order valence-electron chi connectivity index (χ1n) is 8.69. The number of hydrogen-bond acceptors (Lipinski definition) is 4. The first-order chi connectivity index (χ1) is 13.4. The van der Waals surface area contributed by atoms with Crippen LogP contribution in [-0.4, -0.2) is 24.0 Å². The van der Waals surface area contributed by atoms with Crippen molar-refractivity contribution in [3.8, 4) is 5.75 Å². The van der Waals surface area contributed by atoms with Crippen molar-refractivity contribution in [2.24, 2.45) is 0 Å². The van der Waals surface area contributed by atoms with Gasteiger partial charge in [0, 0.05) is 0 Å². The highest BCUT2D eigenvalue weighted by Gasteiger charge is 2.34. The maximum Gasteiger partial charge on any atom is 0.270 e. The van der Waals surface area contributed by atoms with Crippen molar-refractivity contribution >= 4 is 40.9 Å². The lowest BCUT2D eigenvalue weighted by molar-refractivity contribution is -0.122. The van der Waals surface area contributed by atoms with Gasteiger partial charge >= 0.3 is 0 Å². The van der Waals surface area contributed by atoms with Gasteiger partial charge in [0.25, 0.3) is 11.8 Å². The fourth-order valence-electron chi connectivity index (χ4n) is 2.96. The van der Waals surface area contributed by atoms with Crippen molar-refractivity contribution in [2.45, 2.75) is 13.8 Å². The van der Waals surface area contributed by atoms with Crippen molar-refractivity contribution < 1.29 is 14.3 Å². The largest absolute Gasteiger partial charge is 0.497 e. The Labute approximate surface area is 169 Å². The third-order valence-corrected chi connectivity index (χ3v) is 4.52. The number of nitrogens with zero attached hydrogens (tertiary/aromatic N) is 1. The zero-order valence-electron chi connectivity index (χ0n) is 15.9. The monoisotopic (exact) mass is 392 g/mol. The van der Waals surface area contributed by atoms with Gasteiger partial charge in [-0.15, -0.1) is 0 Å². The molecule has 0 aromatic heterocycles. The van der Waals surface area contributed by atoms with Crippen LogP contribution >= 0.6 is 12.2 Å². The van der Waals surface area contributed by atoms with Crippen LogP contribution in [-0.2, 0) is 9.59 Å². The molecule has 1 N–H and O–H groups in total. The molecule has 1 aliphatic heterocycles. The summed E-state index contributed by atoms with van der Waals surface area (Å²) < 4.78 is 5.13. The molecule has 142 valence electrons. The molecule has 1 saturated heterocycles. The van der Waals surface area contributed by atoms with Gasteiger partial charge in [-0.1, -0.05) is 30.4 Å². The van der Waals surface area contributed by atoms with Gasteiger partial charge in [-0.3, -0.25) is 19.8 Å². The van der Waals surface area contributed by atoms with E-state index < -0.39 is 11.8 Å². The van der Waals surface area contributed by atoms with Gasteiger partial charge < -0.3 is 4.74 Å². The fraction of sp³-hybridized carbons (Fsp3) is 0.136. The van der Waals surface area contributed by atoms with Crippen molar-refractivity contribution in [1.82, 2.24) is 5.32 Å². The van der Waals surface area contributed by atoms with E-state index in [1.54, 1.807) is 19.3 Å². The molecular formula is C22H20N2O3S. The topological polar surface area (TPSA) is 58.6 Å². The number of carbonyl (C=O) groups is 2. The lowest BCUT2D eigenvalue weighted by Gasteiger charge is -2.29. The molecule has 2 aromatic carbocycles. The standard InChI is InChI=1S/C22H20N2O3S/c1-14-11-15(2)13-17(12-14)24-21(26)19(20(25)23-22(24)28)6-4-5-16-7-9-18(27-3)10-8-16/h4-13H,1-3H3,(H,23,25,28)/b5-4+,19-6+. The molecule has 0 saturated carbocycles. The Bertz CT molecular complexity index is 987. The lowest BCUT2D eigenvalue weighted by atomic mass is 10.1. The van der Waals surface area contributed by atoms with E-state index in [1.165, 1.54) is 11.0 Å². The number of allylic oxidation sites excluding steroid dienone is 2. The van der Waals surface area contributed by atoms with Crippen LogP contribution in [0.4, 0.5) is 5.69 Å². The van der Waals surface area contributed by atoms with Crippen LogP contribution in [0.5, 0.6) is 5.75 Å². The number of methoxy groups -OCH3 is 1. The number of aryl methyl sites for hydroxylation is 2. The number of anilines is 1. The molecule has 0 radical (unpaired) electrons. The Hall–Kier alpha value is -3.25. The van der Waals surface area contributed by atoms with E-state index in [4.69, 9.17) is 17.0 Å². The third kappa shape index (κ3) is 4.18. The molecule has 0 unspecified atom stereocenters. The zero-order valence-corrected chi connectivity index (χ0v) is 16.7. The maximum atomic E-state index is 13.0. The lowest BCUT2D eigenvalue weighted by Crippen LogP contribution is -2.54. The average molecular weight is 392 g/mol. The molecule has 0 aliphatic carbocycles. The number of hydrogen-bond donors (Lipinski definition) is 1. The van der Waals surface area contributed by atoms with E-state index in [-0.39, 0.29) is 10.7 Å². The molecule has 3 rings (SSSR count). The predicted octanol–water partition coefficient (Wildman–Crippen LogP) is 3.70. The Morgan fingerprint density at radius 3 is 2.29 bits per heavy atom. The number of thiocarbonyl (C=S) groups is 1. The molecule has 28 heavy (non-hydrogen) atoms. The van der Waals surface area contributed by atoms with Crippen LogP contribution in [0.25, 0.3) is 6.08 Å². The first-order valence-corrected chi connectivity index (χ1v) is 9.10. The second-order valence-electron chi connectivity index (χ2n) is 6.46. The zero-order chi connectivity index (χ0) is 20.3. The molecule has 2 aromatic rings. The minimum absolute atomic E-state index is 0.0255. The second kappa shape index (κ2) is 8.19. The Morgan fingerprint density at radius 1 is 1.04 bits per heavy atom. The van der Waals surface area contributed by atoms with E-state index in [1.807, 2.05) is 56.3 Å². The van der Waals surface area contributed by atoms with Crippen molar-refractivity contribution in [2.75, 3.05) is 12.0 Å². The number of amides is 2. The highest BCUT2D eigenvalue weighted by atomic mass is 32.1. The summed E-state index contributed by atoms with van der Waals surface area (Å²) in [5.74, 6) is -0.192. The van der Waals surface area contributed by atoms with E-state index in [0.29, 0.717) is 5.69 Å². The SMILES string of the molecule is COc1ccc(/C=C/C=C2\C(=O)NC(=S)N(c3cc(C)cc(C)c3)C2=O)cc1. The van der Waals surface area contributed by atoms with Gasteiger partial charge in [0.1, 0.15) is 11.3 Å². The van der Waals surface area contributed by atoms with E-state index in [9.17, 15) is 9.59 Å². The Kier molecular flexibility index (Phi) is 5.70. The summed E-state index contributed by atoms with van der Waals surface area (Å²) in [6, 6.07) is 13.2. The molecule has 1 fully saturated rings. The molecule has 0 spiro atoms. The number of nitrogens with one attached hydrogen (secondary N) is 1. The van der Waals surface area contributed by atoms with Gasteiger partial charge in [-0.2, -0.15) is 0 Å². The molecule has 1 aliphatic rings. The van der Waals surface area contributed by atoms with E-state index in [2.05, 4.69) is 5.32 Å². The van der Waals surface area contributed by atoms with Crippen LogP contribution < -0.4 is 15.0 Å². The third-order valence-electron chi connectivity index (χ3n) is 4.23. The van der Waals surface area contributed by atoms with Gasteiger partial charge in [0.2, 0.25) is 0 Å². The summed E-state index contributed by atoms with van der Waals surface area (Å²) >= 11 is 5.23. The summed E-state index contributed by atoms with van der Waals surface area (Å²) in [6.45, 7) is 3.89. The molecule has 5 nitrogen and oxygen atoms in total. The highest BCUT2D eigenvalue weighted by molar-refractivity contribution is 7.80. The van der Waals surface area contributed by atoms with Crippen LogP contribution in [0.1, 0.15) is 16.7 Å². The van der Waals surface area contributed by atoms with Gasteiger partial charge in [0.05, 0.1) is 12.8 Å². The van der Waals surface area contributed by atoms with E-state index in [0.717, 1.165) is 22.4 Å². The normalized spacial score (nSPS) is 16.0. The number of rotatable bonds is 4. The summed E-state index contributed by atoms with van der Waals surface area (Å²) in [6.07, 6.45) is 4.98. The average Bonchev–Trinajstić information content (AvgIpc) is 2.64. The molecule has 2 amide bonds. The Morgan fingerprint density at radius 2 is 1.68 bits per heavy atom. The van der Waals surface area contributed by atoms with Crippen molar-refractivity contribution in [1.29, 1.82) is 0 Å². The summed E-state index contributed by atoms with van der Waals surface area (Å²) in [7, 11) is 1.61. The van der Waals surface area contributed by atoms with Gasteiger partial charge in [-0.25, -0.2) is 0 Å². The fourth-order valence-corrected chi connectivity index (χ4v) is 3.24. The van der Waals surface area contributed by atoms with Crippen LogP contribution in [0.15, 0.2) is 60.2 Å². The van der Waals surface area contributed by atoms with E-state index >= 15 is 0 Å². The maximum absolute atomic E-state index is 13.0. The minimum Gasteiger partial charge on any atom is -0.497 e. The van der Waals surface area contributed by atoms with Crippen LogP contribution in [0, 0.1) is 13.8 Å². The predicted molar refractivity (Wildman–Crippen MR) is 114 cm³/mol. The van der Waals surface area contributed by atoms with Crippen molar-refractivity contribution in [3.05, 3.63) is 76.9 Å². The molecule has 0 bridgehead atoms.